The second-order valence-corrected chi connectivity index (χ2v) is 5.12. The van der Waals surface area contributed by atoms with E-state index in [0.29, 0.717) is 16.8 Å². The Morgan fingerprint density at radius 2 is 1.95 bits per heavy atom. The number of ether oxygens (including phenoxy) is 2. The van der Waals surface area contributed by atoms with Crippen molar-refractivity contribution in [1.29, 1.82) is 0 Å². The van der Waals surface area contributed by atoms with Crippen LogP contribution >= 0.6 is 11.6 Å². The Kier molecular flexibility index (Phi) is 5.16. The second-order valence-electron chi connectivity index (χ2n) is 4.71. The van der Waals surface area contributed by atoms with Crippen LogP contribution in [0, 0.1) is 0 Å². The van der Waals surface area contributed by atoms with E-state index in [1.54, 1.807) is 14.2 Å². The third-order valence-electron chi connectivity index (χ3n) is 3.41. The van der Waals surface area contributed by atoms with E-state index < -0.39 is 0 Å². The van der Waals surface area contributed by atoms with Gasteiger partial charge in [-0.05, 0) is 38.4 Å². The van der Waals surface area contributed by atoms with Crippen molar-refractivity contribution in [1.82, 2.24) is 5.32 Å². The molecule has 1 saturated heterocycles. The topological polar surface area (TPSA) is 42.5 Å². The van der Waals surface area contributed by atoms with Crippen LogP contribution in [0.3, 0.4) is 0 Å². The SMILES string of the molecule is COc1cc(OC)c(NC2CCCNCC2)cc1Cl. The lowest BCUT2D eigenvalue weighted by Gasteiger charge is -2.20. The molecule has 0 spiro atoms. The maximum absolute atomic E-state index is 6.18. The van der Waals surface area contributed by atoms with E-state index in [-0.39, 0.29) is 0 Å². The highest BCUT2D eigenvalue weighted by Crippen LogP contribution is 2.36. The second kappa shape index (κ2) is 6.87. The molecular formula is C14H21ClN2O2. The Morgan fingerprint density at radius 1 is 1.16 bits per heavy atom. The molecule has 1 unspecified atom stereocenters. The molecule has 1 heterocycles. The number of anilines is 1. The van der Waals surface area contributed by atoms with Crippen LogP contribution in [0.5, 0.6) is 11.5 Å². The first-order valence-corrected chi connectivity index (χ1v) is 7.01. The number of nitrogens with one attached hydrogen (secondary N) is 2. The van der Waals surface area contributed by atoms with Crippen molar-refractivity contribution in [3.8, 4) is 11.5 Å². The molecule has 1 aliphatic rings. The van der Waals surface area contributed by atoms with Gasteiger partial charge in [0.15, 0.2) is 0 Å². The Morgan fingerprint density at radius 3 is 2.68 bits per heavy atom. The Labute approximate surface area is 119 Å². The van der Waals surface area contributed by atoms with Gasteiger partial charge in [0, 0.05) is 12.1 Å². The van der Waals surface area contributed by atoms with Crippen molar-refractivity contribution in [2.24, 2.45) is 0 Å². The van der Waals surface area contributed by atoms with Crippen molar-refractivity contribution in [2.45, 2.75) is 25.3 Å². The number of halogens is 1. The zero-order valence-corrected chi connectivity index (χ0v) is 12.2. The smallest absolute Gasteiger partial charge is 0.145 e. The summed E-state index contributed by atoms with van der Waals surface area (Å²) < 4.78 is 10.6. The van der Waals surface area contributed by atoms with Gasteiger partial charge >= 0.3 is 0 Å². The monoisotopic (exact) mass is 284 g/mol. The molecule has 5 heteroatoms. The highest BCUT2D eigenvalue weighted by Gasteiger charge is 2.15. The van der Waals surface area contributed by atoms with Gasteiger partial charge in [0.05, 0.1) is 24.9 Å². The largest absolute Gasteiger partial charge is 0.495 e. The molecule has 1 fully saturated rings. The first kappa shape index (κ1) is 14.3. The van der Waals surface area contributed by atoms with E-state index >= 15 is 0 Å². The number of methoxy groups -OCH3 is 2. The van der Waals surface area contributed by atoms with Crippen molar-refractivity contribution in [3.05, 3.63) is 17.2 Å². The zero-order valence-electron chi connectivity index (χ0n) is 11.5. The van der Waals surface area contributed by atoms with Gasteiger partial charge in [0.1, 0.15) is 11.5 Å². The Hall–Kier alpha value is -1.13. The average molecular weight is 285 g/mol. The van der Waals surface area contributed by atoms with E-state index in [1.807, 2.05) is 12.1 Å². The lowest BCUT2D eigenvalue weighted by Crippen LogP contribution is -2.21. The summed E-state index contributed by atoms with van der Waals surface area (Å²) in [5.74, 6) is 1.39. The highest BCUT2D eigenvalue weighted by atomic mass is 35.5. The molecule has 1 aromatic carbocycles. The summed E-state index contributed by atoms with van der Waals surface area (Å²) in [7, 11) is 3.26. The van der Waals surface area contributed by atoms with Crippen LogP contribution in [0.2, 0.25) is 5.02 Å². The zero-order chi connectivity index (χ0) is 13.7. The number of rotatable bonds is 4. The summed E-state index contributed by atoms with van der Waals surface area (Å²) in [6.45, 7) is 2.14. The van der Waals surface area contributed by atoms with Gasteiger partial charge < -0.3 is 20.1 Å². The van der Waals surface area contributed by atoms with Crippen LogP contribution in [0.15, 0.2) is 12.1 Å². The van der Waals surface area contributed by atoms with E-state index in [4.69, 9.17) is 21.1 Å². The summed E-state index contributed by atoms with van der Waals surface area (Å²) in [6, 6.07) is 4.14. The Bertz CT molecular complexity index is 418. The molecule has 2 rings (SSSR count). The van der Waals surface area contributed by atoms with E-state index in [2.05, 4.69) is 10.6 Å². The Balaban J connectivity index is 2.16. The van der Waals surface area contributed by atoms with Crippen LogP contribution in [0.25, 0.3) is 0 Å². The predicted molar refractivity (Wildman–Crippen MR) is 78.7 cm³/mol. The molecule has 0 aromatic heterocycles. The number of hydrogen-bond acceptors (Lipinski definition) is 4. The summed E-state index contributed by atoms with van der Waals surface area (Å²) in [5.41, 5.74) is 0.931. The fraction of sp³-hybridized carbons (Fsp3) is 0.571. The fourth-order valence-corrected chi connectivity index (χ4v) is 2.60. The van der Waals surface area contributed by atoms with E-state index in [1.165, 1.54) is 6.42 Å². The molecule has 0 amide bonds. The van der Waals surface area contributed by atoms with Gasteiger partial charge in [-0.15, -0.1) is 0 Å². The van der Waals surface area contributed by atoms with Gasteiger partial charge in [-0.3, -0.25) is 0 Å². The third-order valence-corrected chi connectivity index (χ3v) is 3.70. The summed E-state index contributed by atoms with van der Waals surface area (Å²) in [5, 5.41) is 7.53. The first-order chi connectivity index (χ1) is 9.24. The minimum Gasteiger partial charge on any atom is -0.495 e. The quantitative estimate of drug-likeness (QED) is 0.892. The lowest BCUT2D eigenvalue weighted by atomic mass is 10.1. The normalized spacial score (nSPS) is 19.6. The molecular weight excluding hydrogens is 264 g/mol. The number of hydrogen-bond donors (Lipinski definition) is 2. The molecule has 1 aliphatic heterocycles. The molecule has 19 heavy (non-hydrogen) atoms. The molecule has 106 valence electrons. The van der Waals surface area contributed by atoms with Crippen LogP contribution in [-0.2, 0) is 0 Å². The maximum Gasteiger partial charge on any atom is 0.145 e. The molecule has 0 aliphatic carbocycles. The molecule has 2 N–H and O–H groups in total. The lowest BCUT2D eigenvalue weighted by molar-refractivity contribution is 0.395. The molecule has 0 saturated carbocycles. The van der Waals surface area contributed by atoms with Crippen molar-refractivity contribution in [2.75, 3.05) is 32.6 Å². The molecule has 4 nitrogen and oxygen atoms in total. The van der Waals surface area contributed by atoms with Gasteiger partial charge in [-0.2, -0.15) is 0 Å². The third kappa shape index (κ3) is 3.67. The van der Waals surface area contributed by atoms with Crippen molar-refractivity contribution in [3.63, 3.8) is 0 Å². The van der Waals surface area contributed by atoms with Gasteiger partial charge in [0.25, 0.3) is 0 Å². The van der Waals surface area contributed by atoms with Crippen LogP contribution in [-0.4, -0.2) is 33.4 Å². The minimum absolute atomic E-state index is 0.452. The standard InChI is InChI=1S/C14H21ClN2O2/c1-18-13-9-14(19-2)12(8-11(13)15)17-10-4-3-6-16-7-5-10/h8-10,16-17H,3-7H2,1-2H3. The highest BCUT2D eigenvalue weighted by molar-refractivity contribution is 6.32. The van der Waals surface area contributed by atoms with E-state index in [9.17, 15) is 0 Å². The summed E-state index contributed by atoms with van der Waals surface area (Å²) in [6.07, 6.45) is 3.44. The summed E-state index contributed by atoms with van der Waals surface area (Å²) in [4.78, 5) is 0. The molecule has 1 aromatic rings. The molecule has 0 bridgehead atoms. The van der Waals surface area contributed by atoms with Gasteiger partial charge in [-0.1, -0.05) is 11.6 Å². The molecule has 0 radical (unpaired) electrons. The fourth-order valence-electron chi connectivity index (χ4n) is 2.36. The number of benzene rings is 1. The van der Waals surface area contributed by atoms with E-state index in [0.717, 1.165) is 37.4 Å². The maximum atomic E-state index is 6.18. The molecule has 1 atom stereocenters. The van der Waals surface area contributed by atoms with Crippen LogP contribution < -0.4 is 20.1 Å². The van der Waals surface area contributed by atoms with Crippen molar-refractivity contribution < 1.29 is 9.47 Å². The van der Waals surface area contributed by atoms with Gasteiger partial charge in [0.2, 0.25) is 0 Å². The van der Waals surface area contributed by atoms with Crippen molar-refractivity contribution >= 4 is 17.3 Å². The average Bonchev–Trinajstić information content (AvgIpc) is 2.68. The van der Waals surface area contributed by atoms with Gasteiger partial charge in [-0.25, -0.2) is 0 Å². The first-order valence-electron chi connectivity index (χ1n) is 6.63. The predicted octanol–water partition coefficient (Wildman–Crippen LogP) is 2.91. The summed E-state index contributed by atoms with van der Waals surface area (Å²) >= 11 is 6.18. The van der Waals surface area contributed by atoms with Crippen LogP contribution in [0.4, 0.5) is 5.69 Å². The minimum atomic E-state index is 0.452. The van der Waals surface area contributed by atoms with Crippen LogP contribution in [0.1, 0.15) is 19.3 Å².